The number of thioether (sulfide) groups is 1. The fourth-order valence-corrected chi connectivity index (χ4v) is 4.17. The number of carbonyl (C=O) groups is 1. The standard InChI is InChI=1S/C24H28N2O4S/c1-3-30-20(28)15-24(2,29)14-19(27)16-31-23-25-21(17-10-6-4-7-11-17)22(26-23)18-12-8-5-9-13-18/h4-13,19,27,29H,3,14-16H2,1-2H3,(H,25,26)/t19-,24-/m0/s1. The number of hydrogen-bond donors (Lipinski definition) is 3. The second kappa shape index (κ2) is 10.6. The van der Waals surface area contributed by atoms with E-state index in [0.717, 1.165) is 22.5 Å². The van der Waals surface area contributed by atoms with Gasteiger partial charge in [0.2, 0.25) is 0 Å². The summed E-state index contributed by atoms with van der Waals surface area (Å²) in [6, 6.07) is 19.9. The first-order valence-corrected chi connectivity index (χ1v) is 11.3. The molecule has 0 bridgehead atoms. The van der Waals surface area contributed by atoms with E-state index in [1.54, 1.807) is 6.92 Å². The summed E-state index contributed by atoms with van der Waals surface area (Å²) in [6.07, 6.45) is -0.893. The number of ether oxygens (including phenoxy) is 1. The molecule has 3 rings (SSSR count). The number of benzene rings is 2. The Morgan fingerprint density at radius 2 is 1.74 bits per heavy atom. The van der Waals surface area contributed by atoms with Crippen molar-refractivity contribution in [3.8, 4) is 22.5 Å². The Kier molecular flexibility index (Phi) is 7.90. The maximum absolute atomic E-state index is 11.6. The van der Waals surface area contributed by atoms with Crippen LogP contribution in [0.5, 0.6) is 0 Å². The van der Waals surface area contributed by atoms with Crippen molar-refractivity contribution >= 4 is 17.7 Å². The lowest BCUT2D eigenvalue weighted by atomic mass is 9.95. The van der Waals surface area contributed by atoms with Crippen LogP contribution in [-0.2, 0) is 9.53 Å². The molecule has 7 heteroatoms. The van der Waals surface area contributed by atoms with Crippen molar-refractivity contribution in [2.75, 3.05) is 12.4 Å². The van der Waals surface area contributed by atoms with E-state index in [2.05, 4.69) is 4.98 Å². The molecule has 0 aliphatic carbocycles. The molecule has 3 N–H and O–H groups in total. The lowest BCUT2D eigenvalue weighted by Gasteiger charge is -2.24. The summed E-state index contributed by atoms with van der Waals surface area (Å²) in [4.78, 5) is 19.8. The van der Waals surface area contributed by atoms with E-state index in [9.17, 15) is 15.0 Å². The molecular formula is C24H28N2O4S. The first kappa shape index (κ1) is 23.1. The normalized spacial score (nSPS) is 14.1. The molecule has 0 radical (unpaired) electrons. The third-order valence-electron chi connectivity index (χ3n) is 4.71. The number of aromatic amines is 1. The molecule has 6 nitrogen and oxygen atoms in total. The number of H-pyrrole nitrogens is 1. The summed E-state index contributed by atoms with van der Waals surface area (Å²) >= 11 is 1.38. The van der Waals surface area contributed by atoms with Crippen LogP contribution in [0.25, 0.3) is 22.5 Å². The Labute approximate surface area is 186 Å². The molecule has 164 valence electrons. The zero-order valence-corrected chi connectivity index (χ0v) is 18.6. The number of carbonyl (C=O) groups excluding carboxylic acids is 1. The van der Waals surface area contributed by atoms with Crippen molar-refractivity contribution < 1.29 is 19.7 Å². The molecule has 2 aromatic carbocycles. The van der Waals surface area contributed by atoms with Gasteiger partial charge in [0.1, 0.15) is 0 Å². The van der Waals surface area contributed by atoms with Gasteiger partial charge in [-0.1, -0.05) is 72.4 Å². The smallest absolute Gasteiger partial charge is 0.308 e. The zero-order chi connectivity index (χ0) is 22.3. The van der Waals surface area contributed by atoms with Gasteiger partial charge in [-0.2, -0.15) is 0 Å². The monoisotopic (exact) mass is 440 g/mol. The number of aliphatic hydroxyl groups is 2. The minimum Gasteiger partial charge on any atom is -0.466 e. The van der Waals surface area contributed by atoms with Crippen LogP contribution in [0.2, 0.25) is 0 Å². The molecule has 0 spiro atoms. The molecule has 0 unspecified atom stereocenters. The topological polar surface area (TPSA) is 95.4 Å². The minimum absolute atomic E-state index is 0.0661. The van der Waals surface area contributed by atoms with Crippen LogP contribution in [-0.4, -0.2) is 50.2 Å². The lowest BCUT2D eigenvalue weighted by Crippen LogP contribution is -2.34. The van der Waals surface area contributed by atoms with Gasteiger partial charge in [0.15, 0.2) is 5.16 Å². The summed E-state index contributed by atoms with van der Waals surface area (Å²) in [5.41, 5.74) is 2.46. The van der Waals surface area contributed by atoms with Crippen LogP contribution in [0.3, 0.4) is 0 Å². The highest BCUT2D eigenvalue weighted by Crippen LogP contribution is 2.33. The molecule has 1 heterocycles. The van der Waals surface area contributed by atoms with E-state index in [1.807, 2.05) is 60.7 Å². The highest BCUT2D eigenvalue weighted by atomic mass is 32.2. The molecular weight excluding hydrogens is 412 g/mol. The minimum atomic E-state index is -1.33. The number of nitrogens with one attached hydrogen (secondary N) is 1. The number of imidazole rings is 1. The number of rotatable bonds is 10. The number of aromatic nitrogens is 2. The van der Waals surface area contributed by atoms with Crippen LogP contribution in [0.15, 0.2) is 65.8 Å². The SMILES string of the molecule is CCOC(=O)C[C@@](C)(O)C[C@H](O)CSc1nc(-c2ccccc2)c(-c2ccccc2)[nH]1. The van der Waals surface area contributed by atoms with E-state index in [0.29, 0.717) is 10.9 Å². The third kappa shape index (κ3) is 6.69. The first-order chi connectivity index (χ1) is 14.9. The number of aliphatic hydroxyl groups excluding tert-OH is 1. The summed E-state index contributed by atoms with van der Waals surface area (Å²) in [7, 11) is 0. The van der Waals surface area contributed by atoms with Crippen molar-refractivity contribution in [2.24, 2.45) is 0 Å². The van der Waals surface area contributed by atoms with E-state index >= 15 is 0 Å². The van der Waals surface area contributed by atoms with Crippen LogP contribution in [0.4, 0.5) is 0 Å². The number of hydrogen-bond acceptors (Lipinski definition) is 6. The van der Waals surface area contributed by atoms with Gasteiger partial charge in [-0.3, -0.25) is 4.79 Å². The van der Waals surface area contributed by atoms with Gasteiger partial charge in [0.25, 0.3) is 0 Å². The van der Waals surface area contributed by atoms with Crippen LogP contribution >= 0.6 is 11.8 Å². The molecule has 31 heavy (non-hydrogen) atoms. The summed E-state index contributed by atoms with van der Waals surface area (Å²) in [6.45, 7) is 3.51. The van der Waals surface area contributed by atoms with Crippen molar-refractivity contribution in [2.45, 2.75) is 43.6 Å². The number of nitrogens with zero attached hydrogens (tertiary/aromatic N) is 1. The molecule has 0 saturated heterocycles. The summed E-state index contributed by atoms with van der Waals surface area (Å²) in [5.74, 6) is -0.145. The Hall–Kier alpha value is -2.61. The second-order valence-corrected chi connectivity index (χ2v) is 8.65. The van der Waals surface area contributed by atoms with E-state index in [4.69, 9.17) is 9.72 Å². The van der Waals surface area contributed by atoms with Crippen LogP contribution in [0.1, 0.15) is 26.7 Å². The van der Waals surface area contributed by atoms with Gasteiger partial charge in [-0.15, -0.1) is 0 Å². The van der Waals surface area contributed by atoms with Crippen molar-refractivity contribution in [3.05, 3.63) is 60.7 Å². The fourth-order valence-electron chi connectivity index (χ4n) is 3.38. The van der Waals surface area contributed by atoms with E-state index in [1.165, 1.54) is 18.7 Å². The molecule has 2 atom stereocenters. The van der Waals surface area contributed by atoms with Gasteiger partial charge >= 0.3 is 5.97 Å². The van der Waals surface area contributed by atoms with Gasteiger partial charge < -0.3 is 19.9 Å². The van der Waals surface area contributed by atoms with Crippen molar-refractivity contribution in [1.29, 1.82) is 0 Å². The Morgan fingerprint density at radius 3 is 2.35 bits per heavy atom. The molecule has 0 saturated carbocycles. The Balaban J connectivity index is 1.71. The molecule has 1 aromatic heterocycles. The molecule has 3 aromatic rings. The average molecular weight is 441 g/mol. The van der Waals surface area contributed by atoms with Crippen molar-refractivity contribution in [3.63, 3.8) is 0 Å². The average Bonchev–Trinajstić information content (AvgIpc) is 3.17. The third-order valence-corrected chi connectivity index (χ3v) is 5.73. The first-order valence-electron chi connectivity index (χ1n) is 10.3. The quantitative estimate of drug-likeness (QED) is 0.322. The summed E-state index contributed by atoms with van der Waals surface area (Å²) in [5, 5.41) is 21.5. The largest absolute Gasteiger partial charge is 0.466 e. The van der Waals surface area contributed by atoms with Gasteiger partial charge in [0, 0.05) is 23.3 Å². The van der Waals surface area contributed by atoms with E-state index in [-0.39, 0.29) is 19.4 Å². The Bertz CT molecular complexity index is 917. The maximum atomic E-state index is 11.6. The second-order valence-electron chi connectivity index (χ2n) is 7.65. The highest BCUT2D eigenvalue weighted by Gasteiger charge is 2.28. The predicted molar refractivity (Wildman–Crippen MR) is 123 cm³/mol. The van der Waals surface area contributed by atoms with Gasteiger partial charge in [0.05, 0.1) is 36.1 Å². The van der Waals surface area contributed by atoms with Crippen LogP contribution < -0.4 is 0 Å². The fraction of sp³-hybridized carbons (Fsp3) is 0.333. The molecule has 0 amide bonds. The lowest BCUT2D eigenvalue weighted by molar-refractivity contribution is -0.148. The molecule has 0 fully saturated rings. The maximum Gasteiger partial charge on any atom is 0.308 e. The predicted octanol–water partition coefficient (Wildman–Crippen LogP) is 4.29. The molecule has 0 aliphatic heterocycles. The van der Waals surface area contributed by atoms with Crippen LogP contribution in [0, 0.1) is 0 Å². The van der Waals surface area contributed by atoms with Crippen molar-refractivity contribution in [1.82, 2.24) is 9.97 Å². The highest BCUT2D eigenvalue weighted by molar-refractivity contribution is 7.99. The number of esters is 1. The van der Waals surface area contributed by atoms with E-state index < -0.39 is 17.7 Å². The van der Waals surface area contributed by atoms with Gasteiger partial charge in [-0.05, 0) is 13.8 Å². The summed E-state index contributed by atoms with van der Waals surface area (Å²) < 4.78 is 4.89. The zero-order valence-electron chi connectivity index (χ0n) is 17.7. The molecule has 0 aliphatic rings. The Morgan fingerprint density at radius 1 is 1.13 bits per heavy atom. The van der Waals surface area contributed by atoms with Gasteiger partial charge in [-0.25, -0.2) is 4.98 Å².